The van der Waals surface area contributed by atoms with Crippen molar-refractivity contribution in [3.05, 3.63) is 0 Å². The Hall–Kier alpha value is -1.92. The molecular formula is C14H2F29O4P. The minimum atomic E-state index is -10.0. The van der Waals surface area contributed by atoms with Crippen LogP contribution in [0.4, 0.5) is 127 Å². The third-order valence-corrected chi connectivity index (χ3v) is 5.76. The Morgan fingerprint density at radius 3 is 0.583 bits per heavy atom. The number of alkyl halides is 29. The number of phosphoric ester groups is 1. The van der Waals surface area contributed by atoms with E-state index in [2.05, 4.69) is 0 Å². The van der Waals surface area contributed by atoms with Crippen molar-refractivity contribution in [3.8, 4) is 0 Å². The summed E-state index contributed by atoms with van der Waals surface area (Å²) >= 11 is 0. The lowest BCUT2D eigenvalue weighted by Gasteiger charge is -2.46. The van der Waals surface area contributed by atoms with Crippen molar-refractivity contribution >= 4 is 7.82 Å². The average Bonchev–Trinajstić information content (AvgIpc) is 2.80. The molecular weight excluding hydrogens is 814 g/mol. The molecule has 0 atom stereocenters. The van der Waals surface area contributed by atoms with Gasteiger partial charge in [-0.05, 0) is 0 Å². The summed E-state index contributed by atoms with van der Waals surface area (Å²) in [6.07, 6.45) is -16.4. The second-order valence-corrected chi connectivity index (χ2v) is 9.65. The summed E-state index contributed by atoms with van der Waals surface area (Å²) in [7, 11) is -7.45. The fourth-order valence-corrected chi connectivity index (χ4v) is 2.95. The van der Waals surface area contributed by atoms with Crippen LogP contribution in [0.25, 0.3) is 0 Å². The van der Waals surface area contributed by atoms with Gasteiger partial charge >= 0.3 is 91.2 Å². The zero-order chi connectivity index (χ0) is 40.2. The zero-order valence-electron chi connectivity index (χ0n) is 20.1. The predicted octanol–water partition coefficient (Wildman–Crippen LogP) is 8.87. The number of hydrogen-bond acceptors (Lipinski definition) is 2. The molecule has 0 aliphatic heterocycles. The first-order chi connectivity index (χ1) is 20.0. The first kappa shape index (κ1) is 46.1. The molecule has 48 heavy (non-hydrogen) atoms. The van der Waals surface area contributed by atoms with Gasteiger partial charge in [0.05, 0.1) is 0 Å². The van der Waals surface area contributed by atoms with Crippen LogP contribution in [0.5, 0.6) is 0 Å². The van der Waals surface area contributed by atoms with Gasteiger partial charge < -0.3 is 9.79 Å². The highest BCUT2D eigenvalue weighted by Crippen LogP contribution is 2.69. The lowest BCUT2D eigenvalue weighted by Crippen LogP contribution is -2.79. The Balaban J connectivity index is 7.57. The fourth-order valence-electron chi connectivity index (χ4n) is 2.54. The molecule has 0 aromatic rings. The Bertz CT molecular complexity index is 1240. The van der Waals surface area contributed by atoms with Crippen molar-refractivity contribution in [2.24, 2.45) is 0 Å². The third-order valence-electron chi connectivity index (χ3n) is 5.29. The standard InChI is InChI=1S/C14H2F29O4P/c15-1(16,3(19,20)5(23,24)7(27,28)9(31,32)11(35,36)13(39,40)41)2(17,18)4(21,22)6(25,26)8(29,30)10(33,34)12(37,38)14(42,43)47-48(44,45)46/h(H2,44,45,46). The van der Waals surface area contributed by atoms with Crippen molar-refractivity contribution in [2.45, 2.75) is 83.4 Å². The van der Waals surface area contributed by atoms with Crippen LogP contribution in [0.15, 0.2) is 0 Å². The maximum Gasteiger partial charge on any atom is 0.474 e. The number of hydrogen-bond donors (Lipinski definition) is 2. The summed E-state index contributed by atoms with van der Waals surface area (Å²) in [6.45, 7) is 0. The highest BCUT2D eigenvalue weighted by Gasteiger charge is 3.01. The Morgan fingerprint density at radius 1 is 0.292 bits per heavy atom. The minimum Gasteiger partial charge on any atom is -0.303 e. The van der Waals surface area contributed by atoms with E-state index in [1.165, 1.54) is 4.52 Å². The lowest BCUT2D eigenvalue weighted by atomic mass is 9.84. The second-order valence-electron chi connectivity index (χ2n) is 8.49. The molecule has 34 heteroatoms. The SMILES string of the molecule is O=P(O)(O)OC(F)(F)C(F)(F)C(F)(F)C(F)(F)C(F)(F)C(F)(F)C(F)(F)C(F)(F)C(F)(F)C(F)(F)C(F)(F)C(F)(F)C(F)(F)C(F)(F)F. The average molecular weight is 816 g/mol. The molecule has 0 aromatic heterocycles. The van der Waals surface area contributed by atoms with Gasteiger partial charge in [-0.25, -0.2) is 9.09 Å². The summed E-state index contributed by atoms with van der Waals surface area (Å²) < 4.78 is 396. The van der Waals surface area contributed by atoms with E-state index in [1.807, 2.05) is 0 Å². The number of phosphoric acid groups is 1. The van der Waals surface area contributed by atoms with Crippen LogP contribution in [0.3, 0.4) is 0 Å². The summed E-state index contributed by atoms with van der Waals surface area (Å²) in [6, 6.07) is 0. The molecule has 2 N–H and O–H groups in total. The molecule has 0 aliphatic carbocycles. The molecule has 0 radical (unpaired) electrons. The normalized spacial score (nSPS) is 17.2. The largest absolute Gasteiger partial charge is 0.474 e. The highest BCUT2D eigenvalue weighted by atomic mass is 31.2. The van der Waals surface area contributed by atoms with Crippen molar-refractivity contribution < 1.29 is 146 Å². The van der Waals surface area contributed by atoms with E-state index < -0.39 is 91.2 Å². The number of rotatable bonds is 14. The van der Waals surface area contributed by atoms with Gasteiger partial charge in [0.2, 0.25) is 0 Å². The summed E-state index contributed by atoms with van der Waals surface area (Å²) in [4.78, 5) is 15.7. The first-order valence-corrected chi connectivity index (χ1v) is 11.2. The van der Waals surface area contributed by atoms with E-state index >= 15 is 0 Å². The highest BCUT2D eigenvalue weighted by molar-refractivity contribution is 7.46. The van der Waals surface area contributed by atoms with Gasteiger partial charge in [-0.3, -0.25) is 0 Å². The maximum atomic E-state index is 13.7. The van der Waals surface area contributed by atoms with Gasteiger partial charge in [0.25, 0.3) is 0 Å². The first-order valence-electron chi connectivity index (χ1n) is 9.70. The zero-order valence-corrected chi connectivity index (χ0v) is 21.0. The van der Waals surface area contributed by atoms with Crippen molar-refractivity contribution in [1.82, 2.24) is 0 Å². The van der Waals surface area contributed by atoms with E-state index in [0.29, 0.717) is 0 Å². The molecule has 0 fully saturated rings. The van der Waals surface area contributed by atoms with Gasteiger partial charge in [0, 0.05) is 0 Å². The van der Waals surface area contributed by atoms with Crippen LogP contribution >= 0.6 is 7.82 Å². The van der Waals surface area contributed by atoms with Crippen LogP contribution in [0, 0.1) is 0 Å². The van der Waals surface area contributed by atoms with Crippen LogP contribution in [-0.4, -0.2) is 93.1 Å². The molecule has 0 spiro atoms. The van der Waals surface area contributed by atoms with E-state index in [4.69, 9.17) is 9.79 Å². The minimum absolute atomic E-state index is 1.51. The summed E-state index contributed by atoms with van der Waals surface area (Å²) in [5.41, 5.74) is 0. The van der Waals surface area contributed by atoms with Crippen LogP contribution in [0.2, 0.25) is 0 Å². The molecule has 0 bridgehead atoms. The van der Waals surface area contributed by atoms with Gasteiger partial charge in [0.1, 0.15) is 0 Å². The molecule has 0 amide bonds. The third kappa shape index (κ3) is 5.58. The smallest absolute Gasteiger partial charge is 0.303 e. The molecule has 0 heterocycles. The van der Waals surface area contributed by atoms with Gasteiger partial charge in [-0.1, -0.05) is 0 Å². The van der Waals surface area contributed by atoms with Crippen molar-refractivity contribution in [2.75, 3.05) is 0 Å². The quantitative estimate of drug-likeness (QED) is 0.136. The predicted molar refractivity (Wildman–Crippen MR) is 83.5 cm³/mol. The van der Waals surface area contributed by atoms with Crippen molar-refractivity contribution in [3.63, 3.8) is 0 Å². The molecule has 0 aromatic carbocycles. The van der Waals surface area contributed by atoms with Gasteiger partial charge in [-0.15, -0.1) is 0 Å². The summed E-state index contributed by atoms with van der Waals surface area (Å²) in [5, 5.41) is 0. The Labute approximate surface area is 239 Å². The monoisotopic (exact) mass is 816 g/mol. The number of halogens is 29. The van der Waals surface area contributed by atoms with E-state index in [9.17, 15) is 132 Å². The molecule has 4 nitrogen and oxygen atoms in total. The van der Waals surface area contributed by atoms with E-state index in [0.717, 1.165) is 0 Å². The topological polar surface area (TPSA) is 66.8 Å². The fraction of sp³-hybridized carbons (Fsp3) is 1.00. The molecule has 0 aliphatic rings. The van der Waals surface area contributed by atoms with Crippen LogP contribution in [0.1, 0.15) is 0 Å². The van der Waals surface area contributed by atoms with Crippen LogP contribution in [-0.2, 0) is 9.09 Å². The lowest BCUT2D eigenvalue weighted by molar-refractivity contribution is -0.490. The van der Waals surface area contributed by atoms with E-state index in [-0.39, 0.29) is 0 Å². The Morgan fingerprint density at radius 2 is 0.438 bits per heavy atom. The molecule has 0 saturated heterocycles. The molecule has 0 unspecified atom stereocenters. The van der Waals surface area contributed by atoms with Gasteiger partial charge in [0.15, 0.2) is 0 Å². The second kappa shape index (κ2) is 11.0. The molecule has 290 valence electrons. The Kier molecular flexibility index (Phi) is 10.6. The van der Waals surface area contributed by atoms with Gasteiger partial charge in [-0.2, -0.15) is 127 Å². The molecule has 0 saturated carbocycles. The molecule has 0 rings (SSSR count). The van der Waals surface area contributed by atoms with E-state index in [1.54, 1.807) is 0 Å². The summed E-state index contributed by atoms with van der Waals surface area (Å²) in [5.74, 6) is -116. The van der Waals surface area contributed by atoms with Crippen LogP contribution < -0.4 is 0 Å². The maximum absolute atomic E-state index is 13.7. The van der Waals surface area contributed by atoms with Crippen molar-refractivity contribution in [1.29, 1.82) is 0 Å².